The van der Waals surface area contributed by atoms with Crippen LogP contribution in [-0.2, 0) is 0 Å². The van der Waals surface area contributed by atoms with Crippen molar-refractivity contribution in [2.75, 3.05) is 11.9 Å². The number of anilines is 1. The molecule has 1 atom stereocenters. The molecular formula is C16H12BrF4NO2. The van der Waals surface area contributed by atoms with E-state index in [-0.39, 0.29) is 11.8 Å². The number of halogens is 5. The summed E-state index contributed by atoms with van der Waals surface area (Å²) in [5, 5.41) is 3.28. The largest absolute Gasteiger partial charge is 0.488 e. The van der Waals surface area contributed by atoms with Crippen molar-refractivity contribution in [3.05, 3.63) is 52.5 Å². The molecule has 1 unspecified atom stereocenters. The maximum atomic E-state index is 12.9. The van der Waals surface area contributed by atoms with E-state index in [1.165, 1.54) is 24.3 Å². The van der Waals surface area contributed by atoms with Crippen LogP contribution in [0.25, 0.3) is 0 Å². The molecule has 1 aliphatic heterocycles. The second kappa shape index (κ2) is 6.51. The summed E-state index contributed by atoms with van der Waals surface area (Å²) >= 11 is 3.39. The van der Waals surface area contributed by atoms with Gasteiger partial charge in [0.1, 0.15) is 12.4 Å². The summed E-state index contributed by atoms with van der Waals surface area (Å²) in [7, 11) is 0. The van der Waals surface area contributed by atoms with Crippen LogP contribution in [0.4, 0.5) is 23.2 Å². The quantitative estimate of drug-likeness (QED) is 0.706. The molecule has 128 valence electrons. The molecule has 1 aliphatic rings. The Morgan fingerprint density at radius 2 is 1.88 bits per heavy atom. The van der Waals surface area contributed by atoms with Gasteiger partial charge in [-0.25, -0.2) is 0 Å². The first kappa shape index (κ1) is 16.9. The monoisotopic (exact) mass is 405 g/mol. The normalized spacial score (nSPS) is 17.0. The first-order chi connectivity index (χ1) is 11.4. The molecule has 0 spiro atoms. The molecule has 0 bridgehead atoms. The molecule has 0 fully saturated rings. The molecule has 1 heterocycles. The zero-order valence-corrected chi connectivity index (χ0v) is 13.7. The fourth-order valence-corrected chi connectivity index (χ4v) is 2.80. The lowest BCUT2D eigenvalue weighted by Crippen LogP contribution is -2.33. The Morgan fingerprint density at radius 1 is 1.17 bits per heavy atom. The van der Waals surface area contributed by atoms with E-state index in [0.29, 0.717) is 12.4 Å². The van der Waals surface area contributed by atoms with E-state index in [4.69, 9.17) is 4.74 Å². The van der Waals surface area contributed by atoms with E-state index in [1.54, 1.807) is 0 Å². The fourth-order valence-electron chi connectivity index (χ4n) is 2.31. The maximum absolute atomic E-state index is 12.9. The molecule has 3 nitrogen and oxygen atoms in total. The van der Waals surface area contributed by atoms with Crippen LogP contribution in [0.15, 0.2) is 46.9 Å². The van der Waals surface area contributed by atoms with Crippen LogP contribution in [0.3, 0.4) is 0 Å². The van der Waals surface area contributed by atoms with Crippen molar-refractivity contribution >= 4 is 21.6 Å². The van der Waals surface area contributed by atoms with Crippen LogP contribution in [0, 0.1) is 0 Å². The summed E-state index contributed by atoms with van der Waals surface area (Å²) in [6.45, 7) is 0.336. The zero-order valence-electron chi connectivity index (χ0n) is 12.1. The molecular weight excluding hydrogens is 394 g/mol. The molecule has 1 N–H and O–H groups in total. The highest BCUT2D eigenvalue weighted by Crippen LogP contribution is 2.39. The van der Waals surface area contributed by atoms with E-state index >= 15 is 0 Å². The molecule has 0 saturated carbocycles. The SMILES string of the molecule is FC(F)C(F)(F)Oc1ccc(C2COc3c(Br)cccc3N2)cc1. The molecule has 0 amide bonds. The Bertz CT molecular complexity index is 725. The van der Waals surface area contributed by atoms with Gasteiger partial charge in [0.15, 0.2) is 5.75 Å². The van der Waals surface area contributed by atoms with Crippen molar-refractivity contribution in [2.45, 2.75) is 18.6 Å². The highest BCUT2D eigenvalue weighted by atomic mass is 79.9. The highest BCUT2D eigenvalue weighted by molar-refractivity contribution is 9.10. The zero-order chi connectivity index (χ0) is 17.3. The summed E-state index contributed by atoms with van der Waals surface area (Å²) in [5.41, 5.74) is 1.55. The van der Waals surface area contributed by atoms with Crippen LogP contribution in [0.1, 0.15) is 11.6 Å². The first-order valence-corrected chi connectivity index (χ1v) is 7.79. The fraction of sp³-hybridized carbons (Fsp3) is 0.250. The van der Waals surface area contributed by atoms with Gasteiger partial charge in [0, 0.05) is 0 Å². The molecule has 2 aromatic rings. The molecule has 0 saturated heterocycles. The Balaban J connectivity index is 1.73. The predicted octanol–water partition coefficient (Wildman–Crippen LogP) is 5.23. The number of benzene rings is 2. The molecule has 0 aliphatic carbocycles. The van der Waals surface area contributed by atoms with Crippen LogP contribution in [-0.4, -0.2) is 19.1 Å². The van der Waals surface area contributed by atoms with Gasteiger partial charge < -0.3 is 14.8 Å². The van der Waals surface area contributed by atoms with Crippen LogP contribution in [0.5, 0.6) is 11.5 Å². The number of alkyl halides is 4. The molecule has 2 aromatic carbocycles. The van der Waals surface area contributed by atoms with E-state index < -0.39 is 12.5 Å². The van der Waals surface area contributed by atoms with E-state index in [1.807, 2.05) is 18.2 Å². The highest BCUT2D eigenvalue weighted by Gasteiger charge is 2.43. The van der Waals surface area contributed by atoms with Gasteiger partial charge in [0.25, 0.3) is 0 Å². The maximum Gasteiger partial charge on any atom is 0.461 e. The van der Waals surface area contributed by atoms with E-state index in [2.05, 4.69) is 26.0 Å². The summed E-state index contributed by atoms with van der Waals surface area (Å²) in [5.74, 6) is 0.370. The minimum Gasteiger partial charge on any atom is -0.488 e. The topological polar surface area (TPSA) is 30.5 Å². The third kappa shape index (κ3) is 3.43. The lowest BCUT2D eigenvalue weighted by atomic mass is 10.1. The van der Waals surface area contributed by atoms with Crippen molar-refractivity contribution < 1.29 is 27.0 Å². The van der Waals surface area contributed by atoms with Gasteiger partial charge in [0.2, 0.25) is 0 Å². The van der Waals surface area contributed by atoms with Crippen molar-refractivity contribution in [1.29, 1.82) is 0 Å². The Kier molecular flexibility index (Phi) is 4.58. The van der Waals surface area contributed by atoms with E-state index in [0.717, 1.165) is 15.7 Å². The first-order valence-electron chi connectivity index (χ1n) is 6.99. The summed E-state index contributed by atoms with van der Waals surface area (Å²) in [6.07, 6.45) is -8.40. The summed E-state index contributed by atoms with van der Waals surface area (Å²) < 4.78 is 60.6. The Hall–Kier alpha value is -1.96. The van der Waals surface area contributed by atoms with Gasteiger partial charge in [-0.2, -0.15) is 17.6 Å². The van der Waals surface area contributed by atoms with Gasteiger partial charge in [-0.15, -0.1) is 0 Å². The predicted molar refractivity (Wildman–Crippen MR) is 84.0 cm³/mol. The second-order valence-electron chi connectivity index (χ2n) is 5.16. The number of rotatable bonds is 4. The molecule has 0 radical (unpaired) electrons. The van der Waals surface area contributed by atoms with Gasteiger partial charge in [-0.1, -0.05) is 18.2 Å². The Labute approximate surface area is 143 Å². The molecule has 24 heavy (non-hydrogen) atoms. The third-order valence-electron chi connectivity index (χ3n) is 3.48. The third-order valence-corrected chi connectivity index (χ3v) is 4.11. The molecule has 3 rings (SSSR count). The average Bonchev–Trinajstić information content (AvgIpc) is 2.55. The van der Waals surface area contributed by atoms with Crippen LogP contribution in [0.2, 0.25) is 0 Å². The second-order valence-corrected chi connectivity index (χ2v) is 6.01. The number of fused-ring (bicyclic) bond motifs is 1. The summed E-state index contributed by atoms with van der Waals surface area (Å²) in [4.78, 5) is 0. The van der Waals surface area contributed by atoms with Crippen molar-refractivity contribution in [3.8, 4) is 11.5 Å². The Morgan fingerprint density at radius 3 is 2.54 bits per heavy atom. The number of hydrogen-bond acceptors (Lipinski definition) is 3. The minimum absolute atomic E-state index is 0.198. The number of ether oxygens (including phenoxy) is 2. The minimum atomic E-state index is -4.51. The average molecular weight is 406 g/mol. The smallest absolute Gasteiger partial charge is 0.461 e. The standard InChI is InChI=1S/C16H12BrF4NO2/c17-11-2-1-3-12-14(11)23-8-13(22-12)9-4-6-10(7-5-9)24-16(20,21)15(18)19/h1-7,13,15,22H,8H2. The number of nitrogens with one attached hydrogen (secondary N) is 1. The lowest BCUT2D eigenvalue weighted by molar-refractivity contribution is -0.253. The number of para-hydroxylation sites is 1. The lowest BCUT2D eigenvalue weighted by Gasteiger charge is -2.28. The van der Waals surface area contributed by atoms with Crippen molar-refractivity contribution in [2.24, 2.45) is 0 Å². The van der Waals surface area contributed by atoms with Crippen LogP contribution >= 0.6 is 15.9 Å². The van der Waals surface area contributed by atoms with Gasteiger partial charge in [-0.05, 0) is 45.8 Å². The van der Waals surface area contributed by atoms with Gasteiger partial charge >= 0.3 is 12.5 Å². The van der Waals surface area contributed by atoms with Crippen LogP contribution < -0.4 is 14.8 Å². The molecule has 8 heteroatoms. The van der Waals surface area contributed by atoms with Crippen molar-refractivity contribution in [3.63, 3.8) is 0 Å². The number of hydrogen-bond donors (Lipinski definition) is 1. The van der Waals surface area contributed by atoms with Crippen molar-refractivity contribution in [1.82, 2.24) is 0 Å². The van der Waals surface area contributed by atoms with Gasteiger partial charge in [-0.3, -0.25) is 0 Å². The molecule has 0 aromatic heterocycles. The summed E-state index contributed by atoms with van der Waals surface area (Å²) in [6, 6.07) is 10.9. The van der Waals surface area contributed by atoms with E-state index in [9.17, 15) is 17.6 Å². The van der Waals surface area contributed by atoms with Gasteiger partial charge in [0.05, 0.1) is 16.2 Å².